The molecule has 31 heavy (non-hydrogen) atoms. The van der Waals surface area contributed by atoms with E-state index in [9.17, 15) is 18.0 Å². The maximum atomic E-state index is 12.8. The molecule has 5 rings (SSSR count). The van der Waals surface area contributed by atoms with Crippen LogP contribution in [0.1, 0.15) is 71.5 Å². The number of carbonyl (C=O) groups is 2. The summed E-state index contributed by atoms with van der Waals surface area (Å²) in [5, 5.41) is 2.41. The fraction of sp³-hybridized carbons (Fsp3) is 0.478. The van der Waals surface area contributed by atoms with Gasteiger partial charge in [0.15, 0.2) is 5.78 Å². The normalized spacial score (nSPS) is 19.0. The highest BCUT2D eigenvalue weighted by Crippen LogP contribution is 2.39. The first-order valence-corrected chi connectivity index (χ1v) is 12.3. The zero-order chi connectivity index (χ0) is 22.0. The Kier molecular flexibility index (Phi) is 4.55. The molecule has 1 heterocycles. The van der Waals surface area contributed by atoms with Crippen LogP contribution < -0.4 is 10.0 Å². The van der Waals surface area contributed by atoms with E-state index >= 15 is 0 Å². The average Bonchev–Trinajstić information content (AvgIpc) is 3.43. The van der Waals surface area contributed by atoms with E-state index in [4.69, 9.17) is 4.42 Å². The summed E-state index contributed by atoms with van der Waals surface area (Å²) in [6.07, 6.45) is 6.88. The second-order valence-electron chi connectivity index (χ2n) is 9.41. The number of amides is 2. The predicted molar refractivity (Wildman–Crippen MR) is 115 cm³/mol. The van der Waals surface area contributed by atoms with Gasteiger partial charge in [0.05, 0.1) is 5.56 Å². The van der Waals surface area contributed by atoms with Crippen LogP contribution in [0.2, 0.25) is 0 Å². The lowest BCUT2D eigenvalue weighted by Crippen LogP contribution is -2.34. The van der Waals surface area contributed by atoms with Crippen molar-refractivity contribution in [3.8, 4) is 0 Å². The first kappa shape index (κ1) is 20.3. The minimum Gasteiger partial charge on any atom is -0.447 e. The Bertz CT molecular complexity index is 1190. The highest BCUT2D eigenvalue weighted by atomic mass is 32.2. The molecule has 8 heteroatoms. The second-order valence-corrected chi connectivity index (χ2v) is 11.0. The number of anilines is 1. The number of ketones is 1. The molecule has 2 amide bonds. The van der Waals surface area contributed by atoms with Gasteiger partial charge in [-0.05, 0) is 67.2 Å². The van der Waals surface area contributed by atoms with Gasteiger partial charge < -0.3 is 9.73 Å². The van der Waals surface area contributed by atoms with Crippen LogP contribution in [0.4, 0.5) is 10.5 Å². The molecule has 164 valence electrons. The van der Waals surface area contributed by atoms with Crippen molar-refractivity contribution < 1.29 is 22.4 Å². The van der Waals surface area contributed by atoms with E-state index in [1.165, 1.54) is 17.2 Å². The number of furan rings is 1. The van der Waals surface area contributed by atoms with Crippen molar-refractivity contribution in [2.45, 2.75) is 70.3 Å². The number of Topliss-reactive ketones (excluding diaryl/α,β-unsaturated/α-hetero) is 1. The quantitative estimate of drug-likeness (QED) is 0.749. The van der Waals surface area contributed by atoms with Gasteiger partial charge in [0.2, 0.25) is 5.09 Å². The van der Waals surface area contributed by atoms with E-state index in [-0.39, 0.29) is 11.3 Å². The number of nitrogens with one attached hydrogen (secondary N) is 2. The van der Waals surface area contributed by atoms with Gasteiger partial charge in [0.25, 0.3) is 10.0 Å². The van der Waals surface area contributed by atoms with E-state index in [0.717, 1.165) is 55.3 Å². The van der Waals surface area contributed by atoms with Gasteiger partial charge in [-0.15, -0.1) is 0 Å². The average molecular weight is 443 g/mol. The van der Waals surface area contributed by atoms with Gasteiger partial charge in [0.1, 0.15) is 5.76 Å². The largest absolute Gasteiger partial charge is 0.447 e. The van der Waals surface area contributed by atoms with Crippen LogP contribution in [-0.4, -0.2) is 20.2 Å². The van der Waals surface area contributed by atoms with Crippen LogP contribution >= 0.6 is 0 Å². The topological polar surface area (TPSA) is 105 Å². The SMILES string of the molecule is CC1(C)CCc2oc(S(=O)(=O)NC(=O)Nc3c4c(cc5c3CCC5)CCC4)cc2C1=O. The zero-order valence-corrected chi connectivity index (χ0v) is 18.6. The molecule has 3 aliphatic carbocycles. The number of fused-ring (bicyclic) bond motifs is 3. The number of rotatable bonds is 3. The summed E-state index contributed by atoms with van der Waals surface area (Å²) in [6.45, 7) is 3.67. The predicted octanol–water partition coefficient (Wildman–Crippen LogP) is 3.92. The third kappa shape index (κ3) is 3.37. The van der Waals surface area contributed by atoms with Crippen LogP contribution in [0.5, 0.6) is 0 Å². The first-order chi connectivity index (χ1) is 14.7. The maximum absolute atomic E-state index is 12.8. The van der Waals surface area contributed by atoms with Crippen molar-refractivity contribution in [3.63, 3.8) is 0 Å². The lowest BCUT2D eigenvalue weighted by molar-refractivity contribution is 0.0804. The Morgan fingerprint density at radius 3 is 2.29 bits per heavy atom. The molecule has 7 nitrogen and oxygen atoms in total. The molecule has 2 N–H and O–H groups in total. The standard InChI is InChI=1S/C23H26N2O5S/c1-23(2)10-9-18-17(21(23)26)12-19(30-18)31(28,29)25-22(27)24-20-15-7-3-5-13(15)11-14-6-4-8-16(14)20/h11-12H,3-10H2,1-2H3,(H2,24,25,27). The number of carbonyl (C=O) groups excluding carboxylic acids is 2. The van der Waals surface area contributed by atoms with E-state index < -0.39 is 26.6 Å². The number of aryl methyl sites for hydroxylation is 3. The van der Waals surface area contributed by atoms with Crippen molar-refractivity contribution in [1.29, 1.82) is 0 Å². The molecule has 1 aromatic heterocycles. The number of sulfonamides is 1. The van der Waals surface area contributed by atoms with E-state index in [0.29, 0.717) is 18.6 Å². The molecule has 0 spiro atoms. The number of hydrogen-bond donors (Lipinski definition) is 2. The number of benzene rings is 1. The minimum absolute atomic E-state index is 0.140. The molecule has 2 aromatic rings. The molecule has 0 aliphatic heterocycles. The van der Waals surface area contributed by atoms with E-state index in [2.05, 4.69) is 16.1 Å². The van der Waals surface area contributed by atoms with Crippen molar-refractivity contribution in [3.05, 3.63) is 45.7 Å². The number of urea groups is 1. The zero-order valence-electron chi connectivity index (χ0n) is 17.8. The summed E-state index contributed by atoms with van der Waals surface area (Å²) < 4.78 is 33.2. The molecular weight excluding hydrogens is 416 g/mol. The summed E-state index contributed by atoms with van der Waals surface area (Å²) in [5.41, 5.74) is 5.24. The maximum Gasteiger partial charge on any atom is 0.333 e. The summed E-state index contributed by atoms with van der Waals surface area (Å²) in [4.78, 5) is 25.3. The minimum atomic E-state index is -4.24. The lowest BCUT2D eigenvalue weighted by atomic mass is 9.76. The van der Waals surface area contributed by atoms with E-state index in [1.54, 1.807) is 0 Å². The molecule has 0 fully saturated rings. The van der Waals surface area contributed by atoms with Crippen molar-refractivity contribution in [2.75, 3.05) is 5.32 Å². The van der Waals surface area contributed by atoms with Crippen LogP contribution in [0.25, 0.3) is 0 Å². The molecular formula is C23H26N2O5S. The molecule has 0 radical (unpaired) electrons. The summed E-state index contributed by atoms with van der Waals surface area (Å²) in [6, 6.07) is 2.68. The molecule has 0 saturated heterocycles. The summed E-state index contributed by atoms with van der Waals surface area (Å²) in [7, 11) is -4.24. The lowest BCUT2D eigenvalue weighted by Gasteiger charge is -2.26. The fourth-order valence-corrected chi connectivity index (χ4v) is 5.98. The highest BCUT2D eigenvalue weighted by molar-refractivity contribution is 7.89. The van der Waals surface area contributed by atoms with Crippen molar-refractivity contribution in [2.24, 2.45) is 5.41 Å². The molecule has 1 aromatic carbocycles. The molecule has 0 saturated carbocycles. The van der Waals surface area contributed by atoms with Crippen molar-refractivity contribution in [1.82, 2.24) is 4.72 Å². The van der Waals surface area contributed by atoms with Crippen LogP contribution in [0.15, 0.2) is 21.6 Å². The molecule has 0 unspecified atom stereocenters. The van der Waals surface area contributed by atoms with Crippen molar-refractivity contribution >= 4 is 27.5 Å². The second kappa shape index (κ2) is 6.95. The summed E-state index contributed by atoms with van der Waals surface area (Å²) in [5.74, 6) is 0.225. The van der Waals surface area contributed by atoms with Crippen LogP contribution in [0.3, 0.4) is 0 Å². The Labute approximate surface area is 181 Å². The van der Waals surface area contributed by atoms with Crippen LogP contribution in [-0.2, 0) is 42.1 Å². The Morgan fingerprint density at radius 1 is 1.00 bits per heavy atom. The fourth-order valence-electron chi connectivity index (χ4n) is 5.10. The smallest absolute Gasteiger partial charge is 0.333 e. The van der Waals surface area contributed by atoms with Gasteiger partial charge in [-0.3, -0.25) is 4.79 Å². The number of hydrogen-bond acceptors (Lipinski definition) is 5. The molecule has 3 aliphatic rings. The Balaban J connectivity index is 1.39. The monoisotopic (exact) mass is 442 g/mol. The molecule has 0 atom stereocenters. The van der Waals surface area contributed by atoms with Gasteiger partial charge >= 0.3 is 6.03 Å². The summed E-state index contributed by atoms with van der Waals surface area (Å²) >= 11 is 0. The Morgan fingerprint density at radius 2 is 1.65 bits per heavy atom. The third-order valence-electron chi connectivity index (χ3n) is 6.83. The highest BCUT2D eigenvalue weighted by Gasteiger charge is 2.38. The van der Waals surface area contributed by atoms with Gasteiger partial charge in [-0.2, -0.15) is 8.42 Å². The third-order valence-corrected chi connectivity index (χ3v) is 8.01. The van der Waals surface area contributed by atoms with Crippen LogP contribution in [0, 0.1) is 5.41 Å². The van der Waals surface area contributed by atoms with E-state index in [1.807, 2.05) is 13.8 Å². The van der Waals surface area contributed by atoms with Gasteiger partial charge in [0, 0.05) is 23.6 Å². The van der Waals surface area contributed by atoms with Gasteiger partial charge in [-0.1, -0.05) is 19.9 Å². The Hall–Kier alpha value is -2.61. The molecule has 0 bridgehead atoms. The first-order valence-electron chi connectivity index (χ1n) is 10.8. The van der Waals surface area contributed by atoms with Gasteiger partial charge in [-0.25, -0.2) is 9.52 Å².